The highest BCUT2D eigenvalue weighted by atomic mass is 32.1. The Balaban J connectivity index is 1.38. The lowest BCUT2D eigenvalue weighted by molar-refractivity contribution is -0.135. The van der Waals surface area contributed by atoms with Gasteiger partial charge in [0.1, 0.15) is 5.01 Å². The first-order valence-corrected chi connectivity index (χ1v) is 10.3. The van der Waals surface area contributed by atoms with Gasteiger partial charge in [0.25, 0.3) is 0 Å². The number of rotatable bonds is 6. The first-order chi connectivity index (χ1) is 13.1. The molecule has 0 radical (unpaired) electrons. The summed E-state index contributed by atoms with van der Waals surface area (Å²) in [6.07, 6.45) is 4.66. The van der Waals surface area contributed by atoms with Crippen LogP contribution in [0.4, 0.5) is 5.13 Å². The van der Waals surface area contributed by atoms with Crippen LogP contribution in [0.25, 0.3) is 0 Å². The third kappa shape index (κ3) is 4.03. The van der Waals surface area contributed by atoms with Crippen molar-refractivity contribution in [2.45, 2.75) is 32.1 Å². The Labute approximate surface area is 163 Å². The van der Waals surface area contributed by atoms with Crippen molar-refractivity contribution in [2.75, 3.05) is 25.0 Å². The fourth-order valence-electron chi connectivity index (χ4n) is 3.72. The summed E-state index contributed by atoms with van der Waals surface area (Å²) in [5, 5.41) is 9.91. The third-order valence-corrected chi connectivity index (χ3v) is 6.44. The van der Waals surface area contributed by atoms with Crippen molar-refractivity contribution in [3.8, 4) is 0 Å². The minimum Gasteiger partial charge on any atom is -0.345 e. The van der Waals surface area contributed by atoms with Crippen LogP contribution in [0.15, 0.2) is 30.3 Å². The van der Waals surface area contributed by atoms with E-state index < -0.39 is 0 Å². The molecule has 6 nitrogen and oxygen atoms in total. The van der Waals surface area contributed by atoms with Gasteiger partial charge in [0.2, 0.25) is 16.9 Å². The summed E-state index contributed by atoms with van der Waals surface area (Å²) < 4.78 is 0. The first kappa shape index (κ1) is 18.1. The lowest BCUT2D eigenvalue weighted by Gasteiger charge is -2.31. The predicted molar refractivity (Wildman–Crippen MR) is 105 cm³/mol. The van der Waals surface area contributed by atoms with Crippen molar-refractivity contribution in [2.24, 2.45) is 11.8 Å². The van der Waals surface area contributed by atoms with Gasteiger partial charge in [-0.15, -0.1) is 10.2 Å². The molecule has 2 heterocycles. The summed E-state index contributed by atoms with van der Waals surface area (Å²) in [6.45, 7) is 1.22. The molecule has 2 amide bonds. The van der Waals surface area contributed by atoms with E-state index in [-0.39, 0.29) is 24.2 Å². The van der Waals surface area contributed by atoms with Crippen LogP contribution < -0.4 is 4.90 Å². The van der Waals surface area contributed by atoms with Crippen molar-refractivity contribution >= 4 is 28.3 Å². The third-order valence-electron chi connectivity index (χ3n) is 5.49. The number of nitrogens with zero attached hydrogens (tertiary/aromatic N) is 4. The summed E-state index contributed by atoms with van der Waals surface area (Å²) in [5.74, 6) is 0.402. The number of benzene rings is 1. The van der Waals surface area contributed by atoms with Gasteiger partial charge < -0.3 is 4.90 Å². The van der Waals surface area contributed by atoms with E-state index >= 15 is 0 Å². The molecule has 1 unspecified atom stereocenters. The van der Waals surface area contributed by atoms with Crippen molar-refractivity contribution in [3.05, 3.63) is 40.9 Å². The van der Waals surface area contributed by atoms with Crippen LogP contribution >= 0.6 is 11.3 Å². The molecule has 4 rings (SSSR count). The largest absolute Gasteiger partial charge is 0.345 e. The van der Waals surface area contributed by atoms with E-state index in [1.54, 1.807) is 4.90 Å². The number of hydrogen-bond donors (Lipinski definition) is 0. The molecule has 1 aromatic heterocycles. The standard InChI is InChI=1S/C20H24N4O2S/c1-23(12-15-8-5-9-15)19(26)16-11-18(25)24(13-16)20-22-21-17(27-20)10-14-6-3-2-4-7-14/h2-4,6-7,15-16H,5,8-13H2,1H3. The minimum atomic E-state index is -0.274. The molecule has 1 saturated carbocycles. The number of carbonyl (C=O) groups is 2. The Hall–Kier alpha value is -2.28. The lowest BCUT2D eigenvalue weighted by atomic mass is 9.85. The molecule has 142 valence electrons. The Morgan fingerprint density at radius 3 is 2.74 bits per heavy atom. The molecule has 1 aliphatic heterocycles. The fraction of sp³-hybridized carbons (Fsp3) is 0.500. The minimum absolute atomic E-state index is 0.0344. The molecule has 27 heavy (non-hydrogen) atoms. The molecular weight excluding hydrogens is 360 g/mol. The summed E-state index contributed by atoms with van der Waals surface area (Å²) >= 11 is 1.43. The van der Waals surface area contributed by atoms with Crippen LogP contribution in [-0.2, 0) is 16.0 Å². The van der Waals surface area contributed by atoms with E-state index in [1.165, 1.54) is 36.2 Å². The lowest BCUT2D eigenvalue weighted by Crippen LogP contribution is -2.39. The van der Waals surface area contributed by atoms with Gasteiger partial charge >= 0.3 is 0 Å². The quantitative estimate of drug-likeness (QED) is 0.768. The molecule has 7 heteroatoms. The Bertz CT molecular complexity index is 818. The second-order valence-electron chi connectivity index (χ2n) is 7.56. The highest BCUT2D eigenvalue weighted by Gasteiger charge is 2.38. The smallest absolute Gasteiger partial charge is 0.229 e. The molecule has 1 aliphatic carbocycles. The zero-order valence-electron chi connectivity index (χ0n) is 15.5. The SMILES string of the molecule is CN(CC1CCC1)C(=O)C1CC(=O)N(c2nnc(Cc3ccccc3)s2)C1. The maximum atomic E-state index is 12.7. The maximum absolute atomic E-state index is 12.7. The second-order valence-corrected chi connectivity index (χ2v) is 8.60. The van der Waals surface area contributed by atoms with Crippen LogP contribution in [-0.4, -0.2) is 47.0 Å². The van der Waals surface area contributed by atoms with Gasteiger partial charge in [-0.3, -0.25) is 14.5 Å². The number of hydrogen-bond acceptors (Lipinski definition) is 5. The summed E-state index contributed by atoms with van der Waals surface area (Å²) in [5.41, 5.74) is 1.17. The fourth-order valence-corrected chi connectivity index (χ4v) is 4.62. The normalized spacial score (nSPS) is 20.0. The van der Waals surface area contributed by atoms with Gasteiger partial charge in [-0.05, 0) is 24.3 Å². The van der Waals surface area contributed by atoms with Crippen molar-refractivity contribution in [3.63, 3.8) is 0 Å². The predicted octanol–water partition coefficient (Wildman–Crippen LogP) is 2.74. The van der Waals surface area contributed by atoms with E-state index in [2.05, 4.69) is 22.3 Å². The molecule has 0 bridgehead atoms. The molecule has 1 aromatic carbocycles. The molecule has 2 aromatic rings. The zero-order valence-corrected chi connectivity index (χ0v) is 16.3. The monoisotopic (exact) mass is 384 g/mol. The molecule has 0 spiro atoms. The number of amides is 2. The van der Waals surface area contributed by atoms with Crippen LogP contribution in [0.5, 0.6) is 0 Å². The van der Waals surface area contributed by atoms with Crippen LogP contribution in [0.3, 0.4) is 0 Å². The number of aromatic nitrogens is 2. The van der Waals surface area contributed by atoms with Crippen molar-refractivity contribution in [1.82, 2.24) is 15.1 Å². The molecule has 0 N–H and O–H groups in total. The highest BCUT2D eigenvalue weighted by molar-refractivity contribution is 7.15. The summed E-state index contributed by atoms with van der Waals surface area (Å²) in [6, 6.07) is 10.1. The highest BCUT2D eigenvalue weighted by Crippen LogP contribution is 2.31. The average molecular weight is 385 g/mol. The van der Waals surface area contributed by atoms with Crippen LogP contribution in [0.2, 0.25) is 0 Å². The molecule has 2 fully saturated rings. The van der Waals surface area contributed by atoms with E-state index in [1.807, 2.05) is 30.1 Å². The average Bonchev–Trinajstić information content (AvgIpc) is 3.24. The van der Waals surface area contributed by atoms with Gasteiger partial charge in [0, 0.05) is 33.0 Å². The van der Waals surface area contributed by atoms with Gasteiger partial charge in [-0.25, -0.2) is 0 Å². The second kappa shape index (κ2) is 7.76. The van der Waals surface area contributed by atoms with Gasteiger partial charge in [0.15, 0.2) is 0 Å². The molecule has 2 aliphatic rings. The Morgan fingerprint density at radius 2 is 2.04 bits per heavy atom. The van der Waals surface area contributed by atoms with E-state index in [4.69, 9.17) is 0 Å². The van der Waals surface area contributed by atoms with Crippen LogP contribution in [0.1, 0.15) is 36.3 Å². The number of carbonyl (C=O) groups excluding carboxylic acids is 2. The molecule has 1 atom stereocenters. The zero-order chi connectivity index (χ0) is 18.8. The topological polar surface area (TPSA) is 66.4 Å². The Kier molecular flexibility index (Phi) is 5.20. The van der Waals surface area contributed by atoms with E-state index in [9.17, 15) is 9.59 Å². The molecule has 1 saturated heterocycles. The van der Waals surface area contributed by atoms with Gasteiger partial charge in [-0.1, -0.05) is 48.1 Å². The number of anilines is 1. The summed E-state index contributed by atoms with van der Waals surface area (Å²) in [7, 11) is 1.86. The van der Waals surface area contributed by atoms with Gasteiger partial charge in [-0.2, -0.15) is 0 Å². The van der Waals surface area contributed by atoms with Crippen LogP contribution in [0, 0.1) is 11.8 Å². The first-order valence-electron chi connectivity index (χ1n) is 9.52. The van der Waals surface area contributed by atoms with Gasteiger partial charge in [0.05, 0.1) is 5.92 Å². The van der Waals surface area contributed by atoms with E-state index in [0.717, 1.165) is 11.6 Å². The van der Waals surface area contributed by atoms with Crippen molar-refractivity contribution < 1.29 is 9.59 Å². The summed E-state index contributed by atoms with van der Waals surface area (Å²) in [4.78, 5) is 28.6. The molecular formula is C20H24N4O2S. The van der Waals surface area contributed by atoms with E-state index in [0.29, 0.717) is 24.0 Å². The Morgan fingerprint density at radius 1 is 1.26 bits per heavy atom. The maximum Gasteiger partial charge on any atom is 0.229 e. The van der Waals surface area contributed by atoms with Crippen molar-refractivity contribution in [1.29, 1.82) is 0 Å².